The van der Waals surface area contributed by atoms with Gasteiger partial charge in [0, 0.05) is 6.54 Å². The summed E-state index contributed by atoms with van der Waals surface area (Å²) in [5.41, 5.74) is 0.870. The van der Waals surface area contributed by atoms with E-state index in [0.717, 1.165) is 24.9 Å². The standard InChI is InChI=1S/C15H22FN3O.ClH/c1-19(2)14(11-5-3-6-12(16)9-11)10-18-15(20)13-7-4-8-17-13;/h3,5-6,9,13-14,17H,4,7-8,10H2,1-2H3,(H,18,20);1H. The lowest BCUT2D eigenvalue weighted by Gasteiger charge is -2.25. The average molecular weight is 316 g/mol. The van der Waals surface area contributed by atoms with Gasteiger partial charge in [0.2, 0.25) is 5.91 Å². The second-order valence-electron chi connectivity index (χ2n) is 5.43. The van der Waals surface area contributed by atoms with Gasteiger partial charge in [-0.15, -0.1) is 12.4 Å². The van der Waals surface area contributed by atoms with Crippen LogP contribution >= 0.6 is 12.4 Å². The summed E-state index contributed by atoms with van der Waals surface area (Å²) < 4.78 is 13.3. The minimum absolute atomic E-state index is 0. The number of hydrogen-bond acceptors (Lipinski definition) is 3. The Bertz CT molecular complexity index is 464. The molecule has 1 aromatic rings. The Morgan fingerprint density at radius 2 is 2.29 bits per heavy atom. The Hall–Kier alpha value is -1.17. The summed E-state index contributed by atoms with van der Waals surface area (Å²) in [6.07, 6.45) is 1.93. The Labute approximate surface area is 131 Å². The lowest BCUT2D eigenvalue weighted by atomic mass is 10.1. The molecule has 0 radical (unpaired) electrons. The smallest absolute Gasteiger partial charge is 0.237 e. The number of hydrogen-bond donors (Lipinski definition) is 2. The fourth-order valence-corrected chi connectivity index (χ4v) is 2.54. The fourth-order valence-electron chi connectivity index (χ4n) is 2.54. The van der Waals surface area contributed by atoms with Crippen molar-refractivity contribution in [3.63, 3.8) is 0 Å². The molecule has 0 bridgehead atoms. The van der Waals surface area contributed by atoms with Crippen LogP contribution in [0.3, 0.4) is 0 Å². The van der Waals surface area contributed by atoms with Gasteiger partial charge in [-0.3, -0.25) is 4.79 Å². The SMILES string of the molecule is CN(C)C(CNC(=O)C1CCCN1)c1cccc(F)c1.Cl. The highest BCUT2D eigenvalue weighted by atomic mass is 35.5. The van der Waals surface area contributed by atoms with Crippen molar-refractivity contribution in [1.29, 1.82) is 0 Å². The number of rotatable bonds is 5. The van der Waals surface area contributed by atoms with E-state index in [1.165, 1.54) is 12.1 Å². The number of likely N-dealkylation sites (N-methyl/N-ethyl adjacent to an activating group) is 1. The van der Waals surface area contributed by atoms with Crippen LogP contribution in [0.1, 0.15) is 24.4 Å². The van der Waals surface area contributed by atoms with Crippen LogP contribution in [0.2, 0.25) is 0 Å². The second kappa shape index (κ2) is 8.32. The molecule has 1 heterocycles. The van der Waals surface area contributed by atoms with Crippen molar-refractivity contribution < 1.29 is 9.18 Å². The average Bonchev–Trinajstić information content (AvgIpc) is 2.92. The van der Waals surface area contributed by atoms with E-state index in [1.54, 1.807) is 6.07 Å². The molecule has 2 N–H and O–H groups in total. The first-order chi connectivity index (χ1) is 9.58. The van der Waals surface area contributed by atoms with Crippen LogP contribution in [0.4, 0.5) is 4.39 Å². The highest BCUT2D eigenvalue weighted by molar-refractivity contribution is 5.85. The Morgan fingerprint density at radius 1 is 1.52 bits per heavy atom. The predicted molar refractivity (Wildman–Crippen MR) is 84.1 cm³/mol. The fraction of sp³-hybridized carbons (Fsp3) is 0.533. The van der Waals surface area contributed by atoms with Crippen LogP contribution in [0, 0.1) is 5.82 Å². The molecule has 6 heteroatoms. The van der Waals surface area contributed by atoms with Crippen molar-refractivity contribution in [3.05, 3.63) is 35.6 Å². The normalized spacial score (nSPS) is 19.1. The zero-order chi connectivity index (χ0) is 14.5. The molecule has 1 aliphatic heterocycles. The lowest BCUT2D eigenvalue weighted by Crippen LogP contribution is -2.43. The van der Waals surface area contributed by atoms with Gasteiger partial charge in [-0.2, -0.15) is 0 Å². The van der Waals surface area contributed by atoms with E-state index < -0.39 is 0 Å². The van der Waals surface area contributed by atoms with Crippen molar-refractivity contribution in [3.8, 4) is 0 Å². The molecule has 0 aromatic heterocycles. The number of amides is 1. The number of benzene rings is 1. The van der Waals surface area contributed by atoms with Gasteiger partial charge >= 0.3 is 0 Å². The minimum Gasteiger partial charge on any atom is -0.353 e. The molecule has 1 aliphatic rings. The van der Waals surface area contributed by atoms with Gasteiger partial charge in [0.1, 0.15) is 5.82 Å². The molecule has 0 saturated carbocycles. The molecule has 21 heavy (non-hydrogen) atoms. The van der Waals surface area contributed by atoms with Gasteiger partial charge in [0.15, 0.2) is 0 Å². The molecule has 2 rings (SSSR count). The molecule has 2 atom stereocenters. The van der Waals surface area contributed by atoms with Crippen LogP contribution in [0.5, 0.6) is 0 Å². The van der Waals surface area contributed by atoms with E-state index >= 15 is 0 Å². The monoisotopic (exact) mass is 315 g/mol. The third-order valence-electron chi connectivity index (χ3n) is 3.70. The van der Waals surface area contributed by atoms with E-state index in [4.69, 9.17) is 0 Å². The zero-order valence-electron chi connectivity index (χ0n) is 12.4. The number of nitrogens with one attached hydrogen (secondary N) is 2. The molecule has 118 valence electrons. The van der Waals surface area contributed by atoms with E-state index in [-0.39, 0.29) is 36.2 Å². The second-order valence-corrected chi connectivity index (χ2v) is 5.43. The van der Waals surface area contributed by atoms with Crippen LogP contribution < -0.4 is 10.6 Å². The predicted octanol–water partition coefficient (Wildman–Crippen LogP) is 1.72. The molecule has 0 aliphatic carbocycles. The summed E-state index contributed by atoms with van der Waals surface area (Å²) in [4.78, 5) is 14.0. The van der Waals surface area contributed by atoms with Crippen LogP contribution in [-0.4, -0.2) is 44.0 Å². The molecule has 4 nitrogen and oxygen atoms in total. The molecular formula is C15H23ClFN3O. The number of carbonyl (C=O) groups excluding carboxylic acids is 1. The largest absolute Gasteiger partial charge is 0.353 e. The van der Waals surface area contributed by atoms with Gasteiger partial charge in [0.05, 0.1) is 12.1 Å². The molecule has 1 saturated heterocycles. The summed E-state index contributed by atoms with van der Waals surface area (Å²) in [5, 5.41) is 6.13. The van der Waals surface area contributed by atoms with Crippen molar-refractivity contribution in [2.24, 2.45) is 0 Å². The quantitative estimate of drug-likeness (QED) is 0.869. The van der Waals surface area contributed by atoms with E-state index in [0.29, 0.717) is 6.54 Å². The van der Waals surface area contributed by atoms with Crippen molar-refractivity contribution in [1.82, 2.24) is 15.5 Å². The number of halogens is 2. The maximum Gasteiger partial charge on any atom is 0.237 e. The Balaban J connectivity index is 0.00000220. The van der Waals surface area contributed by atoms with Gasteiger partial charge in [-0.25, -0.2) is 4.39 Å². The minimum atomic E-state index is -0.252. The van der Waals surface area contributed by atoms with Crippen LogP contribution in [0.25, 0.3) is 0 Å². The van der Waals surface area contributed by atoms with E-state index in [1.807, 2.05) is 25.1 Å². The summed E-state index contributed by atoms with van der Waals surface area (Å²) in [5.74, 6) is -0.219. The van der Waals surface area contributed by atoms with Crippen molar-refractivity contribution >= 4 is 18.3 Å². The van der Waals surface area contributed by atoms with Crippen LogP contribution in [-0.2, 0) is 4.79 Å². The Kier molecular flexibility index (Phi) is 7.08. The van der Waals surface area contributed by atoms with Crippen molar-refractivity contribution in [2.75, 3.05) is 27.2 Å². The van der Waals surface area contributed by atoms with E-state index in [9.17, 15) is 9.18 Å². The molecule has 1 aromatic carbocycles. The summed E-state index contributed by atoms with van der Waals surface area (Å²) in [7, 11) is 3.85. The lowest BCUT2D eigenvalue weighted by molar-refractivity contribution is -0.123. The molecule has 1 amide bonds. The van der Waals surface area contributed by atoms with Crippen LogP contribution in [0.15, 0.2) is 24.3 Å². The van der Waals surface area contributed by atoms with Gasteiger partial charge in [0.25, 0.3) is 0 Å². The number of nitrogens with zero attached hydrogens (tertiary/aromatic N) is 1. The maximum atomic E-state index is 13.3. The third kappa shape index (κ3) is 4.95. The first-order valence-corrected chi connectivity index (χ1v) is 7.01. The first-order valence-electron chi connectivity index (χ1n) is 7.01. The van der Waals surface area contributed by atoms with Crippen molar-refractivity contribution in [2.45, 2.75) is 24.9 Å². The molecular weight excluding hydrogens is 293 g/mol. The highest BCUT2D eigenvalue weighted by Gasteiger charge is 2.23. The third-order valence-corrected chi connectivity index (χ3v) is 3.70. The molecule has 2 unspecified atom stereocenters. The van der Waals surface area contributed by atoms with Gasteiger partial charge in [-0.05, 0) is 51.2 Å². The summed E-state index contributed by atoms with van der Waals surface area (Å²) in [6, 6.07) is 6.42. The highest BCUT2D eigenvalue weighted by Crippen LogP contribution is 2.18. The summed E-state index contributed by atoms with van der Waals surface area (Å²) in [6.45, 7) is 1.38. The molecule has 1 fully saturated rings. The zero-order valence-corrected chi connectivity index (χ0v) is 13.3. The number of carbonyl (C=O) groups is 1. The Morgan fingerprint density at radius 3 is 2.86 bits per heavy atom. The first kappa shape index (κ1) is 17.9. The summed E-state index contributed by atoms with van der Waals surface area (Å²) >= 11 is 0. The van der Waals surface area contributed by atoms with Gasteiger partial charge < -0.3 is 15.5 Å². The van der Waals surface area contributed by atoms with Gasteiger partial charge in [-0.1, -0.05) is 12.1 Å². The van der Waals surface area contributed by atoms with E-state index in [2.05, 4.69) is 10.6 Å². The molecule has 0 spiro atoms. The topological polar surface area (TPSA) is 44.4 Å². The maximum absolute atomic E-state index is 13.3.